The molecule has 0 spiro atoms. The minimum atomic E-state index is -0.502. The van der Waals surface area contributed by atoms with Gasteiger partial charge in [0.2, 0.25) is 0 Å². The number of hydrogen-bond donors (Lipinski definition) is 0. The maximum absolute atomic E-state index is 12.8. The summed E-state index contributed by atoms with van der Waals surface area (Å²) in [6, 6.07) is 15.6. The fraction of sp³-hybridized carbons (Fsp3) is 0.386. The zero-order valence-corrected chi connectivity index (χ0v) is 32.7. The van der Waals surface area contributed by atoms with Crippen LogP contribution in [-0.4, -0.2) is 57.5 Å². The van der Waals surface area contributed by atoms with Crippen molar-refractivity contribution in [2.75, 3.05) is 39.6 Å². The van der Waals surface area contributed by atoms with E-state index in [0.29, 0.717) is 30.1 Å². The van der Waals surface area contributed by atoms with E-state index in [1.807, 2.05) is 129 Å². The fourth-order valence-electron chi connectivity index (χ4n) is 5.19. The third kappa shape index (κ3) is 15.4. The lowest BCUT2D eigenvalue weighted by Crippen LogP contribution is -2.17. The van der Waals surface area contributed by atoms with Gasteiger partial charge < -0.3 is 28.4 Å². The molecule has 0 atom stereocenters. The van der Waals surface area contributed by atoms with Crippen LogP contribution >= 0.6 is 0 Å². The van der Waals surface area contributed by atoms with E-state index in [0.717, 1.165) is 55.7 Å². The smallest absolute Gasteiger partial charge is 0.344 e. The average Bonchev–Trinajstić information content (AvgIpc) is 3.06. The summed E-state index contributed by atoms with van der Waals surface area (Å²) in [5.41, 5.74) is 9.45. The van der Waals surface area contributed by atoms with Crippen LogP contribution in [0.2, 0.25) is 0 Å². The Hall–Kier alpha value is -5.31. The van der Waals surface area contributed by atoms with Crippen LogP contribution in [0.25, 0.3) is 0 Å². The van der Waals surface area contributed by atoms with Crippen molar-refractivity contribution >= 4 is 17.9 Å². The number of carbonyl (C=O) groups is 3. The third-order valence-electron chi connectivity index (χ3n) is 7.81. The number of hydrogen-bond acceptors (Lipinski definition) is 9. The number of rotatable bonds is 19. The van der Waals surface area contributed by atoms with Gasteiger partial charge in [0.15, 0.2) is 19.8 Å². The van der Waals surface area contributed by atoms with Gasteiger partial charge >= 0.3 is 17.9 Å². The van der Waals surface area contributed by atoms with Gasteiger partial charge in [-0.1, -0.05) is 69.8 Å². The van der Waals surface area contributed by atoms with E-state index >= 15 is 0 Å². The standard InChI is InChI=1S/C44H54O9/c1-29(2)14-17-48-41(45)26-51-39-12-10-32(7)20-35(39)24-37-22-34(9)23-38(44(37)53-28-43(47)50-19-16-31(5)6)25-36-21-33(8)11-13-40(36)52-27-42(46)49-18-15-30(3)4/h10-16,20-23H,17-19,24-28H2,1-9H3. The summed E-state index contributed by atoms with van der Waals surface area (Å²) in [7, 11) is 0. The number of ether oxygens (including phenoxy) is 6. The Kier molecular flexibility index (Phi) is 16.9. The van der Waals surface area contributed by atoms with Crippen LogP contribution in [0.5, 0.6) is 17.2 Å². The van der Waals surface area contributed by atoms with E-state index in [-0.39, 0.29) is 39.6 Å². The highest BCUT2D eigenvalue weighted by Crippen LogP contribution is 2.35. The Morgan fingerprint density at radius 3 is 1.17 bits per heavy atom. The first-order valence-corrected chi connectivity index (χ1v) is 17.8. The Balaban J connectivity index is 1.97. The summed E-state index contributed by atoms with van der Waals surface area (Å²) in [5.74, 6) is 0.153. The average molecular weight is 727 g/mol. The molecule has 9 heteroatoms. The monoisotopic (exact) mass is 726 g/mol. The van der Waals surface area contributed by atoms with E-state index in [4.69, 9.17) is 28.4 Å². The normalized spacial score (nSPS) is 10.4. The Morgan fingerprint density at radius 1 is 0.472 bits per heavy atom. The molecule has 0 saturated carbocycles. The van der Waals surface area contributed by atoms with E-state index < -0.39 is 17.9 Å². The summed E-state index contributed by atoms with van der Waals surface area (Å²) in [6.07, 6.45) is 6.26. The van der Waals surface area contributed by atoms with Gasteiger partial charge in [-0.15, -0.1) is 0 Å². The molecule has 0 radical (unpaired) electrons. The van der Waals surface area contributed by atoms with Crippen molar-refractivity contribution in [1.29, 1.82) is 0 Å². The number of benzene rings is 3. The van der Waals surface area contributed by atoms with Crippen LogP contribution in [-0.2, 0) is 41.4 Å². The van der Waals surface area contributed by atoms with Gasteiger partial charge in [0.05, 0.1) is 0 Å². The molecule has 0 aliphatic heterocycles. The van der Waals surface area contributed by atoms with E-state index in [2.05, 4.69) is 0 Å². The number of aryl methyl sites for hydroxylation is 3. The molecule has 0 fully saturated rings. The van der Waals surface area contributed by atoms with Gasteiger partial charge in [-0.25, -0.2) is 14.4 Å². The summed E-state index contributed by atoms with van der Waals surface area (Å²) in [5, 5.41) is 0. The van der Waals surface area contributed by atoms with Crippen molar-refractivity contribution in [3.8, 4) is 17.2 Å². The quantitative estimate of drug-likeness (QED) is 0.0683. The predicted molar refractivity (Wildman–Crippen MR) is 207 cm³/mol. The highest BCUT2D eigenvalue weighted by atomic mass is 16.6. The van der Waals surface area contributed by atoms with E-state index in [1.54, 1.807) is 0 Å². The second-order valence-corrected chi connectivity index (χ2v) is 13.7. The summed E-state index contributed by atoms with van der Waals surface area (Å²) < 4.78 is 34.2. The molecule has 0 aromatic heterocycles. The van der Waals surface area contributed by atoms with Crippen molar-refractivity contribution in [3.63, 3.8) is 0 Å². The molecule has 0 amide bonds. The van der Waals surface area contributed by atoms with Crippen LogP contribution in [0.3, 0.4) is 0 Å². The minimum Gasteiger partial charge on any atom is -0.482 e. The third-order valence-corrected chi connectivity index (χ3v) is 7.81. The lowest BCUT2D eigenvalue weighted by Gasteiger charge is -2.20. The van der Waals surface area contributed by atoms with Crippen LogP contribution in [0, 0.1) is 20.8 Å². The zero-order valence-electron chi connectivity index (χ0n) is 32.7. The largest absolute Gasteiger partial charge is 0.482 e. The van der Waals surface area contributed by atoms with E-state index in [1.165, 1.54) is 0 Å². The molecule has 3 aromatic rings. The van der Waals surface area contributed by atoms with Crippen molar-refractivity contribution in [2.45, 2.75) is 75.2 Å². The Morgan fingerprint density at radius 2 is 0.811 bits per heavy atom. The number of carbonyl (C=O) groups excluding carboxylic acids is 3. The van der Waals surface area contributed by atoms with Crippen LogP contribution < -0.4 is 14.2 Å². The molecular formula is C44H54O9. The summed E-state index contributed by atoms with van der Waals surface area (Å²) in [6.45, 7) is 17.3. The molecule has 284 valence electrons. The molecular weight excluding hydrogens is 672 g/mol. The van der Waals surface area contributed by atoms with Gasteiger partial charge in [0.1, 0.15) is 37.1 Å². The van der Waals surface area contributed by atoms with Gasteiger partial charge in [-0.2, -0.15) is 0 Å². The Labute approximate surface area is 314 Å². The second kappa shape index (κ2) is 21.3. The molecule has 0 bridgehead atoms. The predicted octanol–water partition coefficient (Wildman–Crippen LogP) is 8.46. The van der Waals surface area contributed by atoms with E-state index in [9.17, 15) is 14.4 Å². The molecule has 0 aliphatic carbocycles. The molecule has 0 saturated heterocycles. The van der Waals surface area contributed by atoms with Crippen LogP contribution in [0.15, 0.2) is 83.5 Å². The van der Waals surface area contributed by atoms with Crippen LogP contribution in [0.4, 0.5) is 0 Å². The highest BCUT2D eigenvalue weighted by Gasteiger charge is 2.19. The highest BCUT2D eigenvalue weighted by molar-refractivity contribution is 5.72. The molecule has 9 nitrogen and oxygen atoms in total. The first kappa shape index (κ1) is 42.1. The lowest BCUT2D eigenvalue weighted by atomic mass is 9.93. The summed E-state index contributed by atoms with van der Waals surface area (Å²) >= 11 is 0. The molecule has 3 rings (SSSR count). The Bertz CT molecular complexity index is 1710. The number of esters is 3. The van der Waals surface area contributed by atoms with Gasteiger partial charge in [-0.3, -0.25) is 0 Å². The van der Waals surface area contributed by atoms with Gasteiger partial charge in [-0.05, 0) is 115 Å². The second-order valence-electron chi connectivity index (χ2n) is 13.7. The van der Waals surface area contributed by atoms with Gasteiger partial charge in [0, 0.05) is 12.8 Å². The lowest BCUT2D eigenvalue weighted by molar-refractivity contribution is -0.145. The zero-order chi connectivity index (χ0) is 38.9. The van der Waals surface area contributed by atoms with Gasteiger partial charge in [0.25, 0.3) is 0 Å². The van der Waals surface area contributed by atoms with Crippen molar-refractivity contribution in [3.05, 3.63) is 122 Å². The molecule has 0 heterocycles. The topological polar surface area (TPSA) is 107 Å². The molecule has 0 aliphatic rings. The molecule has 0 N–H and O–H groups in total. The minimum absolute atomic E-state index is 0.152. The fourth-order valence-corrected chi connectivity index (χ4v) is 5.19. The van der Waals surface area contributed by atoms with Crippen LogP contribution in [0.1, 0.15) is 80.5 Å². The maximum Gasteiger partial charge on any atom is 0.344 e. The molecule has 53 heavy (non-hydrogen) atoms. The van der Waals surface area contributed by atoms with Crippen molar-refractivity contribution in [2.24, 2.45) is 0 Å². The molecule has 0 unspecified atom stereocenters. The van der Waals surface area contributed by atoms with Crippen molar-refractivity contribution < 1.29 is 42.8 Å². The van der Waals surface area contributed by atoms with Crippen molar-refractivity contribution in [1.82, 2.24) is 0 Å². The first-order valence-electron chi connectivity index (χ1n) is 17.8. The first-order chi connectivity index (χ1) is 25.2. The molecule has 3 aromatic carbocycles. The maximum atomic E-state index is 12.8. The number of allylic oxidation sites excluding steroid dienone is 3. The summed E-state index contributed by atoms with van der Waals surface area (Å²) in [4.78, 5) is 37.7. The SMILES string of the molecule is CC(C)=CCOC(=O)COc1ccc(C)cc1Cc1cc(C)cc(Cc2cc(C)ccc2OCC(=O)OCC=C(C)C)c1OCC(=O)OCC=C(C)C.